The lowest BCUT2D eigenvalue weighted by Gasteiger charge is -2.33. The van der Waals surface area contributed by atoms with Gasteiger partial charge in [0, 0.05) is 18.7 Å². The van der Waals surface area contributed by atoms with E-state index in [1.807, 2.05) is 36.4 Å². The highest BCUT2D eigenvalue weighted by Gasteiger charge is 2.32. The molecule has 5 nitrogen and oxygen atoms in total. The van der Waals surface area contributed by atoms with Crippen LogP contribution in [0.1, 0.15) is 15.9 Å². The van der Waals surface area contributed by atoms with E-state index in [1.165, 1.54) is 28.6 Å². The second kappa shape index (κ2) is 8.83. The Morgan fingerprint density at radius 2 is 1.52 bits per heavy atom. The topological polar surface area (TPSA) is 66.5 Å². The van der Waals surface area contributed by atoms with Crippen LogP contribution in [0.5, 0.6) is 0 Å². The zero-order chi connectivity index (χ0) is 21.8. The van der Waals surface area contributed by atoms with E-state index in [-0.39, 0.29) is 18.0 Å². The van der Waals surface area contributed by atoms with Crippen molar-refractivity contribution >= 4 is 21.5 Å². The van der Waals surface area contributed by atoms with Gasteiger partial charge >= 0.3 is 0 Å². The van der Waals surface area contributed by atoms with E-state index in [4.69, 9.17) is 0 Å². The summed E-state index contributed by atoms with van der Waals surface area (Å²) in [5.74, 6) is -0.829. The van der Waals surface area contributed by atoms with Crippen LogP contribution in [-0.4, -0.2) is 37.8 Å². The quantitative estimate of drug-likeness (QED) is 0.663. The summed E-state index contributed by atoms with van der Waals surface area (Å²) < 4.78 is 40.8. The van der Waals surface area contributed by atoms with Crippen LogP contribution in [0, 0.1) is 5.82 Å². The van der Waals surface area contributed by atoms with Gasteiger partial charge in [0.05, 0.1) is 10.9 Å². The Balaban J connectivity index is 1.65. The van der Waals surface area contributed by atoms with Crippen molar-refractivity contribution in [1.29, 1.82) is 0 Å². The predicted molar refractivity (Wildman–Crippen MR) is 117 cm³/mol. The number of halogens is 1. The molecule has 158 valence electrons. The summed E-state index contributed by atoms with van der Waals surface area (Å²) in [4.78, 5) is 13.0. The third-order valence-electron chi connectivity index (χ3n) is 5.18. The van der Waals surface area contributed by atoms with E-state index in [0.717, 1.165) is 11.1 Å². The molecule has 0 aliphatic carbocycles. The Hall–Kier alpha value is -3.29. The monoisotopic (exact) mass is 436 g/mol. The van der Waals surface area contributed by atoms with E-state index in [0.29, 0.717) is 5.56 Å². The van der Waals surface area contributed by atoms with Crippen molar-refractivity contribution in [3.8, 4) is 0 Å². The average molecular weight is 437 g/mol. The van der Waals surface area contributed by atoms with Gasteiger partial charge in [-0.1, -0.05) is 54.6 Å². The fourth-order valence-electron chi connectivity index (χ4n) is 3.57. The molecular formula is C24H21FN2O3S. The first kappa shape index (κ1) is 21.0. The molecule has 1 N–H and O–H groups in total. The molecule has 1 atom stereocenters. The van der Waals surface area contributed by atoms with Gasteiger partial charge < -0.3 is 5.32 Å². The van der Waals surface area contributed by atoms with Gasteiger partial charge in [0.2, 0.25) is 10.0 Å². The van der Waals surface area contributed by atoms with Crippen LogP contribution in [0.3, 0.4) is 0 Å². The number of sulfonamides is 1. The fraction of sp³-hybridized carbons (Fsp3) is 0.125. The van der Waals surface area contributed by atoms with E-state index < -0.39 is 27.8 Å². The average Bonchev–Trinajstić information content (AvgIpc) is 2.80. The van der Waals surface area contributed by atoms with Crippen molar-refractivity contribution in [1.82, 2.24) is 9.62 Å². The number of nitrogens with zero attached hydrogens (tertiary/aromatic N) is 1. The molecule has 31 heavy (non-hydrogen) atoms. The van der Waals surface area contributed by atoms with Crippen LogP contribution < -0.4 is 5.32 Å². The maximum Gasteiger partial charge on any atom is 0.251 e. The van der Waals surface area contributed by atoms with E-state index in [2.05, 4.69) is 5.32 Å². The van der Waals surface area contributed by atoms with Gasteiger partial charge in [0.25, 0.3) is 5.91 Å². The lowest BCUT2D eigenvalue weighted by atomic mass is 9.95. The number of rotatable bonds is 5. The summed E-state index contributed by atoms with van der Waals surface area (Å²) in [6.45, 7) is 0.287. The molecule has 0 aromatic heterocycles. The molecule has 0 fully saturated rings. The van der Waals surface area contributed by atoms with Crippen LogP contribution in [0.15, 0.2) is 95.9 Å². The van der Waals surface area contributed by atoms with Gasteiger partial charge in [0.1, 0.15) is 5.82 Å². The van der Waals surface area contributed by atoms with Crippen LogP contribution in [0.25, 0.3) is 5.57 Å². The number of hydrogen-bond donors (Lipinski definition) is 1. The van der Waals surface area contributed by atoms with E-state index in [1.54, 1.807) is 30.3 Å². The van der Waals surface area contributed by atoms with Gasteiger partial charge in [-0.2, -0.15) is 4.31 Å². The van der Waals surface area contributed by atoms with Crippen LogP contribution >= 0.6 is 0 Å². The molecule has 0 saturated heterocycles. The summed E-state index contributed by atoms with van der Waals surface area (Å²) in [7, 11) is -3.72. The molecule has 1 unspecified atom stereocenters. The summed E-state index contributed by atoms with van der Waals surface area (Å²) in [5.41, 5.74) is 2.05. The minimum absolute atomic E-state index is 0.0882. The highest BCUT2D eigenvalue weighted by molar-refractivity contribution is 7.89. The summed E-state index contributed by atoms with van der Waals surface area (Å²) in [6.07, 6.45) is 1.83. The first-order valence-electron chi connectivity index (χ1n) is 9.82. The molecule has 1 amide bonds. The smallest absolute Gasteiger partial charge is 0.251 e. The minimum Gasteiger partial charge on any atom is -0.344 e. The molecule has 1 aliphatic rings. The first-order chi connectivity index (χ1) is 14.9. The molecule has 0 saturated carbocycles. The number of amides is 1. The third kappa shape index (κ3) is 4.57. The van der Waals surface area contributed by atoms with Gasteiger partial charge in [0.15, 0.2) is 0 Å². The van der Waals surface area contributed by atoms with Gasteiger partial charge in [-0.15, -0.1) is 0 Å². The van der Waals surface area contributed by atoms with E-state index >= 15 is 0 Å². The van der Waals surface area contributed by atoms with Crippen molar-refractivity contribution in [2.75, 3.05) is 13.1 Å². The lowest BCUT2D eigenvalue weighted by molar-refractivity contribution is 0.0941. The van der Waals surface area contributed by atoms with Crippen molar-refractivity contribution in [3.05, 3.63) is 108 Å². The Morgan fingerprint density at radius 1 is 0.903 bits per heavy atom. The Morgan fingerprint density at radius 3 is 2.16 bits per heavy atom. The third-order valence-corrected chi connectivity index (χ3v) is 7.02. The molecular weight excluding hydrogens is 415 g/mol. The van der Waals surface area contributed by atoms with Crippen LogP contribution in [0.4, 0.5) is 4.39 Å². The molecule has 3 aromatic rings. The fourth-order valence-corrected chi connectivity index (χ4v) is 4.99. The molecule has 7 heteroatoms. The number of hydrogen-bond acceptors (Lipinski definition) is 3. The second-order valence-corrected chi connectivity index (χ2v) is 9.13. The Bertz CT molecular complexity index is 1190. The van der Waals surface area contributed by atoms with Gasteiger partial charge in [-0.05, 0) is 47.5 Å². The van der Waals surface area contributed by atoms with Crippen molar-refractivity contribution < 1.29 is 17.6 Å². The molecule has 1 heterocycles. The highest BCUT2D eigenvalue weighted by Crippen LogP contribution is 2.27. The predicted octanol–water partition coefficient (Wildman–Crippen LogP) is 3.71. The first-order valence-corrected chi connectivity index (χ1v) is 11.3. The summed E-state index contributed by atoms with van der Waals surface area (Å²) >= 11 is 0. The molecule has 4 rings (SSSR count). The maximum atomic E-state index is 13.2. The summed E-state index contributed by atoms with van der Waals surface area (Å²) in [5, 5.41) is 2.92. The van der Waals surface area contributed by atoms with Crippen LogP contribution in [-0.2, 0) is 10.0 Å². The van der Waals surface area contributed by atoms with E-state index in [9.17, 15) is 17.6 Å². The largest absolute Gasteiger partial charge is 0.344 e. The molecule has 1 aliphatic heterocycles. The Kier molecular flexibility index (Phi) is 5.97. The van der Waals surface area contributed by atoms with Crippen LogP contribution in [0.2, 0.25) is 0 Å². The standard InChI is InChI=1S/C24H21FN2O3S/c25-20-13-11-19(12-14-20)24(28)26-23-17-27(31(29,30)21-9-5-2-6-10-21)16-15-22(23)18-7-3-1-4-8-18/h1-15,23H,16-17H2,(H,26,28). The summed E-state index contributed by atoms with van der Waals surface area (Å²) in [6, 6.07) is 22.4. The minimum atomic E-state index is -3.72. The second-order valence-electron chi connectivity index (χ2n) is 7.19. The zero-order valence-electron chi connectivity index (χ0n) is 16.6. The molecule has 0 radical (unpaired) electrons. The zero-order valence-corrected chi connectivity index (χ0v) is 17.4. The van der Waals surface area contributed by atoms with Crippen molar-refractivity contribution in [3.63, 3.8) is 0 Å². The lowest BCUT2D eigenvalue weighted by Crippen LogP contribution is -2.49. The van der Waals surface area contributed by atoms with Crippen molar-refractivity contribution in [2.45, 2.75) is 10.9 Å². The number of carbonyl (C=O) groups excluding carboxylic acids is 1. The maximum absolute atomic E-state index is 13.2. The number of carbonyl (C=O) groups is 1. The van der Waals surface area contributed by atoms with Gasteiger partial charge in [-0.3, -0.25) is 4.79 Å². The molecule has 3 aromatic carbocycles. The number of benzene rings is 3. The Labute approximate surface area is 180 Å². The highest BCUT2D eigenvalue weighted by atomic mass is 32.2. The normalized spacial score (nSPS) is 17.1. The molecule has 0 spiro atoms. The van der Waals surface area contributed by atoms with Gasteiger partial charge in [-0.25, -0.2) is 12.8 Å². The number of nitrogens with one attached hydrogen (secondary N) is 1. The van der Waals surface area contributed by atoms with Crippen molar-refractivity contribution in [2.24, 2.45) is 0 Å². The molecule has 0 bridgehead atoms. The SMILES string of the molecule is O=C(NC1CN(S(=O)(=O)c2ccccc2)CC=C1c1ccccc1)c1ccc(F)cc1.